The van der Waals surface area contributed by atoms with E-state index < -0.39 is 0 Å². The summed E-state index contributed by atoms with van der Waals surface area (Å²) in [7, 11) is 0. The van der Waals surface area contributed by atoms with Crippen molar-refractivity contribution in [1.29, 1.82) is 0 Å². The van der Waals surface area contributed by atoms with Crippen LogP contribution in [0.1, 0.15) is 0 Å². The molecule has 0 aromatic carbocycles. The van der Waals surface area contributed by atoms with Crippen LogP contribution in [0.4, 0.5) is 0 Å². The lowest BCUT2D eigenvalue weighted by Crippen LogP contribution is -1.89. The zero-order valence-electron chi connectivity index (χ0n) is 10.2. The van der Waals surface area contributed by atoms with Crippen LogP contribution in [-0.4, -0.2) is 29.5 Å². The van der Waals surface area contributed by atoms with Gasteiger partial charge in [-0.2, -0.15) is 4.98 Å². The van der Waals surface area contributed by atoms with Gasteiger partial charge in [0.05, 0.1) is 12.4 Å². The lowest BCUT2D eigenvalue weighted by atomic mass is 10.3. The van der Waals surface area contributed by atoms with Gasteiger partial charge in [-0.1, -0.05) is 5.16 Å². The largest absolute Gasteiger partial charge is 0.334 e. The summed E-state index contributed by atoms with van der Waals surface area (Å²) in [6.07, 6.45) is 10.2. The number of aromatic nitrogens is 6. The summed E-state index contributed by atoms with van der Waals surface area (Å²) in [6.45, 7) is 0. The molecule has 0 saturated carbocycles. The number of hydrogen-bond donors (Lipinski definition) is 0. The van der Waals surface area contributed by atoms with Crippen LogP contribution in [0.5, 0.6) is 0 Å². The van der Waals surface area contributed by atoms with Gasteiger partial charge < -0.3 is 4.52 Å². The molecule has 0 fully saturated rings. The first-order valence-corrected chi connectivity index (χ1v) is 5.93. The van der Waals surface area contributed by atoms with Gasteiger partial charge in [0.25, 0.3) is 5.89 Å². The maximum atomic E-state index is 5.28. The number of imidazole rings is 1. The molecule has 4 heterocycles. The second kappa shape index (κ2) is 4.23. The van der Waals surface area contributed by atoms with Gasteiger partial charge in [0, 0.05) is 30.4 Å². The van der Waals surface area contributed by atoms with Gasteiger partial charge >= 0.3 is 0 Å². The number of hydrogen-bond acceptors (Lipinski definition) is 6. The van der Waals surface area contributed by atoms with Gasteiger partial charge in [0.15, 0.2) is 5.65 Å². The van der Waals surface area contributed by atoms with Crippen molar-refractivity contribution in [3.63, 3.8) is 0 Å². The van der Waals surface area contributed by atoms with Gasteiger partial charge in [-0.15, -0.1) is 0 Å². The van der Waals surface area contributed by atoms with E-state index in [4.69, 9.17) is 4.52 Å². The molecule has 96 valence electrons. The van der Waals surface area contributed by atoms with Crippen LogP contribution in [0, 0.1) is 0 Å². The fraction of sp³-hybridized carbons (Fsp3) is 0. The molecule has 0 saturated heterocycles. The molecule has 0 aliphatic rings. The Kier molecular flexibility index (Phi) is 2.28. The Balaban J connectivity index is 1.82. The Morgan fingerprint density at radius 2 is 1.90 bits per heavy atom. The molecular formula is C13H8N6O. The average molecular weight is 264 g/mol. The highest BCUT2D eigenvalue weighted by atomic mass is 16.5. The molecule has 0 bridgehead atoms. The van der Waals surface area contributed by atoms with E-state index in [2.05, 4.69) is 25.1 Å². The molecule has 0 spiro atoms. The number of pyridine rings is 1. The van der Waals surface area contributed by atoms with Gasteiger partial charge in [-0.3, -0.25) is 14.4 Å². The molecule has 0 unspecified atom stereocenters. The molecule has 4 aromatic heterocycles. The van der Waals surface area contributed by atoms with E-state index in [1.54, 1.807) is 37.2 Å². The maximum absolute atomic E-state index is 5.28. The van der Waals surface area contributed by atoms with Crippen LogP contribution in [0.15, 0.2) is 53.8 Å². The fourth-order valence-corrected chi connectivity index (χ4v) is 1.95. The first-order valence-electron chi connectivity index (χ1n) is 5.93. The molecule has 0 amide bonds. The molecule has 7 nitrogen and oxygen atoms in total. The molecule has 0 atom stereocenters. The third-order valence-corrected chi connectivity index (χ3v) is 2.90. The molecule has 0 aliphatic heterocycles. The monoisotopic (exact) mass is 264 g/mol. The van der Waals surface area contributed by atoms with Gasteiger partial charge in [0.1, 0.15) is 5.69 Å². The number of nitrogens with zero attached hydrogens (tertiary/aromatic N) is 6. The van der Waals surface area contributed by atoms with Crippen LogP contribution >= 0.6 is 0 Å². The van der Waals surface area contributed by atoms with E-state index in [-0.39, 0.29) is 0 Å². The van der Waals surface area contributed by atoms with Crippen molar-refractivity contribution in [1.82, 2.24) is 29.5 Å². The minimum Gasteiger partial charge on any atom is -0.334 e. The predicted octanol–water partition coefficient (Wildman–Crippen LogP) is 1.84. The highest BCUT2D eigenvalue weighted by Gasteiger charge is 2.14. The summed E-state index contributed by atoms with van der Waals surface area (Å²) in [5.74, 6) is 0.932. The van der Waals surface area contributed by atoms with Crippen LogP contribution in [0.3, 0.4) is 0 Å². The molecule has 0 N–H and O–H groups in total. The van der Waals surface area contributed by atoms with E-state index >= 15 is 0 Å². The zero-order valence-corrected chi connectivity index (χ0v) is 10.2. The summed E-state index contributed by atoms with van der Waals surface area (Å²) in [6, 6.07) is 3.63. The molecular weight excluding hydrogens is 256 g/mol. The first kappa shape index (κ1) is 10.8. The zero-order chi connectivity index (χ0) is 13.4. The predicted molar refractivity (Wildman–Crippen MR) is 69.5 cm³/mol. The van der Waals surface area contributed by atoms with Crippen molar-refractivity contribution in [2.45, 2.75) is 0 Å². The smallest absolute Gasteiger partial charge is 0.258 e. The van der Waals surface area contributed by atoms with E-state index in [0.717, 1.165) is 16.9 Å². The summed E-state index contributed by atoms with van der Waals surface area (Å²) in [4.78, 5) is 16.6. The Labute approximate surface area is 113 Å². The molecule has 4 aromatic rings. The second-order valence-corrected chi connectivity index (χ2v) is 4.11. The van der Waals surface area contributed by atoms with Crippen molar-refractivity contribution >= 4 is 5.65 Å². The standard InChI is InChI=1S/C13H8N6O/c1-3-14-4-2-9(1)13-17-12(18-20-13)10-7-16-11-8-15-5-6-19(10)11/h1-8H. The summed E-state index contributed by atoms with van der Waals surface area (Å²) < 4.78 is 7.13. The topological polar surface area (TPSA) is 82.0 Å². The van der Waals surface area contributed by atoms with Gasteiger partial charge in [-0.05, 0) is 12.1 Å². The van der Waals surface area contributed by atoms with Crippen LogP contribution in [0.2, 0.25) is 0 Å². The van der Waals surface area contributed by atoms with E-state index in [9.17, 15) is 0 Å². The SMILES string of the molecule is c1cc(-c2nc(-c3cnc4cnccn34)no2)ccn1. The quantitative estimate of drug-likeness (QED) is 0.549. The molecule has 0 aliphatic carbocycles. The summed E-state index contributed by atoms with van der Waals surface area (Å²) in [5, 5.41) is 4.00. The third kappa shape index (κ3) is 1.64. The van der Waals surface area contributed by atoms with Gasteiger partial charge in [-0.25, -0.2) is 4.98 Å². The minimum absolute atomic E-state index is 0.450. The highest BCUT2D eigenvalue weighted by Crippen LogP contribution is 2.21. The molecule has 7 heteroatoms. The molecule has 20 heavy (non-hydrogen) atoms. The summed E-state index contributed by atoms with van der Waals surface area (Å²) >= 11 is 0. The number of fused-ring (bicyclic) bond motifs is 1. The third-order valence-electron chi connectivity index (χ3n) is 2.90. The fourth-order valence-electron chi connectivity index (χ4n) is 1.95. The Morgan fingerprint density at radius 3 is 2.80 bits per heavy atom. The Hall–Kier alpha value is -3.09. The van der Waals surface area contributed by atoms with Crippen molar-refractivity contribution in [3.05, 3.63) is 49.3 Å². The number of rotatable bonds is 2. The van der Waals surface area contributed by atoms with Crippen molar-refractivity contribution in [3.8, 4) is 23.0 Å². The van der Waals surface area contributed by atoms with Crippen LogP contribution in [0.25, 0.3) is 28.6 Å². The highest BCUT2D eigenvalue weighted by molar-refractivity contribution is 5.59. The van der Waals surface area contributed by atoms with E-state index in [0.29, 0.717) is 11.7 Å². The van der Waals surface area contributed by atoms with Gasteiger partial charge in [0.2, 0.25) is 5.82 Å². The first-order chi connectivity index (χ1) is 9.92. The maximum Gasteiger partial charge on any atom is 0.258 e. The normalized spacial score (nSPS) is 11.0. The van der Waals surface area contributed by atoms with Crippen LogP contribution in [-0.2, 0) is 0 Å². The van der Waals surface area contributed by atoms with E-state index in [1.807, 2.05) is 16.5 Å². The lowest BCUT2D eigenvalue weighted by Gasteiger charge is -1.94. The van der Waals surface area contributed by atoms with Crippen molar-refractivity contribution in [2.24, 2.45) is 0 Å². The van der Waals surface area contributed by atoms with Crippen molar-refractivity contribution in [2.75, 3.05) is 0 Å². The minimum atomic E-state index is 0.450. The van der Waals surface area contributed by atoms with Crippen molar-refractivity contribution < 1.29 is 4.52 Å². The molecule has 4 rings (SSSR count). The Morgan fingerprint density at radius 1 is 1.00 bits per heavy atom. The Bertz CT molecular complexity index is 867. The van der Waals surface area contributed by atoms with Crippen LogP contribution < -0.4 is 0 Å². The lowest BCUT2D eigenvalue weighted by molar-refractivity contribution is 0.432. The summed E-state index contributed by atoms with van der Waals surface area (Å²) in [5.41, 5.74) is 2.32. The average Bonchev–Trinajstić information content (AvgIpc) is 3.14. The van der Waals surface area contributed by atoms with E-state index in [1.165, 1.54) is 0 Å². The molecule has 0 radical (unpaired) electrons. The second-order valence-electron chi connectivity index (χ2n) is 4.11.